The summed E-state index contributed by atoms with van der Waals surface area (Å²) < 4.78 is 5.40. The molecule has 1 heterocycles. The summed E-state index contributed by atoms with van der Waals surface area (Å²) in [6, 6.07) is 2.00. The molecule has 0 atom stereocenters. The average Bonchev–Trinajstić information content (AvgIpc) is 2.63. The summed E-state index contributed by atoms with van der Waals surface area (Å²) in [6.45, 7) is 5.30. The fraction of sp³-hybridized carbons (Fsp3) is 0.500. The maximum atomic E-state index is 5.40. The molecular weight excluding hydrogens is 188 g/mol. The van der Waals surface area contributed by atoms with Crippen molar-refractivity contribution >= 4 is 0 Å². The summed E-state index contributed by atoms with van der Waals surface area (Å²) >= 11 is 0. The summed E-state index contributed by atoms with van der Waals surface area (Å²) in [7, 11) is 2.00. The molecule has 0 aromatic carbocycles. The first-order valence-corrected chi connectivity index (χ1v) is 5.16. The van der Waals surface area contributed by atoms with Crippen LogP contribution in [-0.2, 0) is 13.1 Å². The fourth-order valence-corrected chi connectivity index (χ4v) is 1.40. The Hall–Kier alpha value is -1.24. The van der Waals surface area contributed by atoms with Crippen LogP contribution in [0.4, 0.5) is 0 Å². The van der Waals surface area contributed by atoms with Gasteiger partial charge in [0.2, 0.25) is 0 Å². The van der Waals surface area contributed by atoms with E-state index < -0.39 is 0 Å². The zero-order chi connectivity index (χ0) is 11.1. The number of hydrogen-bond acceptors (Lipinski definition) is 3. The number of furan rings is 1. The van der Waals surface area contributed by atoms with Crippen LogP contribution in [-0.4, -0.2) is 25.0 Å². The van der Waals surface area contributed by atoms with Gasteiger partial charge in [-0.05, 0) is 19.7 Å². The highest BCUT2D eigenvalue weighted by atomic mass is 16.3. The van der Waals surface area contributed by atoms with Crippen LogP contribution in [0.1, 0.15) is 18.2 Å². The van der Waals surface area contributed by atoms with Gasteiger partial charge in [-0.2, -0.15) is 0 Å². The van der Waals surface area contributed by atoms with E-state index in [4.69, 9.17) is 10.8 Å². The van der Waals surface area contributed by atoms with Crippen molar-refractivity contribution in [2.24, 2.45) is 0 Å². The summed E-state index contributed by atoms with van der Waals surface area (Å²) in [6.07, 6.45) is 6.98. The maximum absolute atomic E-state index is 5.40. The van der Waals surface area contributed by atoms with Gasteiger partial charge in [0.15, 0.2) is 0 Å². The fourth-order valence-electron chi connectivity index (χ4n) is 1.40. The molecule has 1 aromatic rings. The molecule has 15 heavy (non-hydrogen) atoms. The first-order valence-electron chi connectivity index (χ1n) is 5.16. The summed E-state index contributed by atoms with van der Waals surface area (Å²) in [4.78, 5) is 2.08. The molecule has 0 radical (unpaired) electrons. The van der Waals surface area contributed by atoms with Crippen molar-refractivity contribution in [2.75, 3.05) is 20.1 Å². The molecule has 3 nitrogen and oxygen atoms in total. The Labute approximate surface area is 91.5 Å². The second-order valence-corrected chi connectivity index (χ2v) is 3.53. The van der Waals surface area contributed by atoms with E-state index in [1.54, 1.807) is 6.26 Å². The molecule has 82 valence electrons. The highest BCUT2D eigenvalue weighted by Crippen LogP contribution is 2.12. The maximum Gasteiger partial charge on any atom is 0.122 e. The van der Waals surface area contributed by atoms with Gasteiger partial charge in [0, 0.05) is 12.1 Å². The highest BCUT2D eigenvalue weighted by Gasteiger charge is 2.07. The topological polar surface area (TPSA) is 28.4 Å². The molecule has 0 aliphatic rings. The lowest BCUT2D eigenvalue weighted by atomic mass is 10.2. The molecular formula is C12H18N2O. The molecule has 1 rings (SSSR count). The van der Waals surface area contributed by atoms with Crippen molar-refractivity contribution in [3.05, 3.63) is 23.7 Å². The average molecular weight is 206 g/mol. The van der Waals surface area contributed by atoms with Gasteiger partial charge in [-0.3, -0.25) is 4.90 Å². The van der Waals surface area contributed by atoms with Gasteiger partial charge in [0.25, 0.3) is 0 Å². The molecule has 0 aliphatic carbocycles. The Morgan fingerprint density at radius 2 is 2.40 bits per heavy atom. The normalized spacial score (nSPS) is 10.5. The number of hydrogen-bond donors (Lipinski definition) is 1. The van der Waals surface area contributed by atoms with Gasteiger partial charge in [0.05, 0.1) is 19.4 Å². The van der Waals surface area contributed by atoms with E-state index in [1.165, 1.54) is 5.56 Å². The Morgan fingerprint density at radius 1 is 1.60 bits per heavy atom. The standard InChI is InChI=1S/C12H18N2O/c1-4-7-14(3)10-11-6-8-15-12(11)9-13-5-2/h1,6,8,13H,5,7,9-10H2,2-3H3. The van der Waals surface area contributed by atoms with Crippen LogP contribution in [0.5, 0.6) is 0 Å². The SMILES string of the molecule is C#CCN(C)Cc1ccoc1CNCC. The van der Waals surface area contributed by atoms with Crippen LogP contribution in [0.3, 0.4) is 0 Å². The van der Waals surface area contributed by atoms with E-state index in [0.29, 0.717) is 6.54 Å². The summed E-state index contributed by atoms with van der Waals surface area (Å²) in [5, 5.41) is 3.24. The molecule has 0 amide bonds. The number of terminal acetylenes is 1. The predicted molar refractivity (Wildman–Crippen MR) is 61.3 cm³/mol. The van der Waals surface area contributed by atoms with Crippen LogP contribution < -0.4 is 5.32 Å². The number of nitrogens with one attached hydrogen (secondary N) is 1. The minimum Gasteiger partial charge on any atom is -0.468 e. The van der Waals surface area contributed by atoms with Gasteiger partial charge in [-0.1, -0.05) is 12.8 Å². The van der Waals surface area contributed by atoms with Gasteiger partial charge in [-0.25, -0.2) is 0 Å². The second-order valence-electron chi connectivity index (χ2n) is 3.53. The predicted octanol–water partition coefficient (Wildman–Crippen LogP) is 1.45. The monoisotopic (exact) mass is 206 g/mol. The molecule has 0 spiro atoms. The van der Waals surface area contributed by atoms with E-state index in [9.17, 15) is 0 Å². The molecule has 1 N–H and O–H groups in total. The van der Waals surface area contributed by atoms with Crippen molar-refractivity contribution < 1.29 is 4.42 Å². The third kappa shape index (κ3) is 3.78. The number of nitrogens with zero attached hydrogens (tertiary/aromatic N) is 1. The molecule has 0 saturated heterocycles. The van der Waals surface area contributed by atoms with Crippen LogP contribution in [0.15, 0.2) is 16.7 Å². The van der Waals surface area contributed by atoms with E-state index in [0.717, 1.165) is 25.4 Å². The van der Waals surface area contributed by atoms with Crippen molar-refractivity contribution in [1.82, 2.24) is 10.2 Å². The third-order valence-corrected chi connectivity index (χ3v) is 2.17. The largest absolute Gasteiger partial charge is 0.468 e. The quantitative estimate of drug-likeness (QED) is 0.714. The minimum absolute atomic E-state index is 0.659. The van der Waals surface area contributed by atoms with Crippen LogP contribution in [0.25, 0.3) is 0 Å². The molecule has 0 unspecified atom stereocenters. The Morgan fingerprint density at radius 3 is 3.07 bits per heavy atom. The van der Waals surface area contributed by atoms with Crippen molar-refractivity contribution in [3.8, 4) is 12.3 Å². The summed E-state index contributed by atoms with van der Waals surface area (Å²) in [5.41, 5.74) is 1.20. The summed E-state index contributed by atoms with van der Waals surface area (Å²) in [5.74, 6) is 3.62. The lowest BCUT2D eigenvalue weighted by Gasteiger charge is -2.12. The molecule has 0 aliphatic heterocycles. The second kappa shape index (κ2) is 6.28. The van der Waals surface area contributed by atoms with E-state index in [1.807, 2.05) is 13.1 Å². The van der Waals surface area contributed by atoms with Gasteiger partial charge in [-0.15, -0.1) is 6.42 Å². The van der Waals surface area contributed by atoms with Gasteiger partial charge in [0.1, 0.15) is 5.76 Å². The Balaban J connectivity index is 2.53. The third-order valence-electron chi connectivity index (χ3n) is 2.17. The first kappa shape index (κ1) is 11.8. The Kier molecular flexibility index (Phi) is 4.96. The molecule has 0 bridgehead atoms. The van der Waals surface area contributed by atoms with Crippen molar-refractivity contribution in [3.63, 3.8) is 0 Å². The van der Waals surface area contributed by atoms with E-state index in [2.05, 4.69) is 23.1 Å². The Bertz CT molecular complexity index is 325. The lowest BCUT2D eigenvalue weighted by Crippen LogP contribution is -2.19. The molecule has 0 fully saturated rings. The first-order chi connectivity index (χ1) is 7.27. The zero-order valence-electron chi connectivity index (χ0n) is 9.42. The molecule has 0 saturated carbocycles. The van der Waals surface area contributed by atoms with Gasteiger partial charge < -0.3 is 9.73 Å². The van der Waals surface area contributed by atoms with Crippen LogP contribution in [0.2, 0.25) is 0 Å². The molecule has 3 heteroatoms. The van der Waals surface area contributed by atoms with Crippen molar-refractivity contribution in [2.45, 2.75) is 20.0 Å². The smallest absolute Gasteiger partial charge is 0.122 e. The lowest BCUT2D eigenvalue weighted by molar-refractivity contribution is 0.362. The number of rotatable bonds is 6. The van der Waals surface area contributed by atoms with Gasteiger partial charge >= 0.3 is 0 Å². The highest BCUT2D eigenvalue weighted by molar-refractivity contribution is 5.17. The minimum atomic E-state index is 0.659. The zero-order valence-corrected chi connectivity index (χ0v) is 9.42. The van der Waals surface area contributed by atoms with E-state index >= 15 is 0 Å². The molecule has 1 aromatic heterocycles. The van der Waals surface area contributed by atoms with Crippen LogP contribution >= 0.6 is 0 Å². The van der Waals surface area contributed by atoms with Crippen LogP contribution in [0, 0.1) is 12.3 Å². The van der Waals surface area contributed by atoms with E-state index in [-0.39, 0.29) is 0 Å². The van der Waals surface area contributed by atoms with Crippen molar-refractivity contribution in [1.29, 1.82) is 0 Å².